The molecule has 0 aliphatic carbocycles. The van der Waals surface area contributed by atoms with Gasteiger partial charge in [-0.25, -0.2) is 4.98 Å². The summed E-state index contributed by atoms with van der Waals surface area (Å²) < 4.78 is 0. The predicted molar refractivity (Wildman–Crippen MR) is 158 cm³/mol. The Kier molecular flexibility index (Phi) is 7.89. The van der Waals surface area contributed by atoms with Gasteiger partial charge in [0, 0.05) is 82.1 Å². The number of aromatic nitrogens is 2. The highest BCUT2D eigenvalue weighted by Gasteiger charge is 2.51. The summed E-state index contributed by atoms with van der Waals surface area (Å²) in [5.74, 6) is 2.75. The molecule has 3 atom stereocenters. The monoisotopic (exact) mass is 533 g/mol. The zero-order chi connectivity index (χ0) is 27.9. The van der Waals surface area contributed by atoms with Gasteiger partial charge >= 0.3 is 0 Å². The first kappa shape index (κ1) is 27.8. The maximum absolute atomic E-state index is 12.3. The van der Waals surface area contributed by atoms with Gasteiger partial charge in [0.05, 0.1) is 11.4 Å². The molecule has 212 valence electrons. The van der Waals surface area contributed by atoms with Crippen LogP contribution >= 0.6 is 0 Å². The zero-order valence-corrected chi connectivity index (χ0v) is 24.9. The summed E-state index contributed by atoms with van der Waals surface area (Å²) in [6, 6.07) is 11.5. The maximum Gasteiger partial charge on any atom is 0.224 e. The molecule has 3 saturated heterocycles. The van der Waals surface area contributed by atoms with Gasteiger partial charge in [-0.1, -0.05) is 33.8 Å². The number of pyridine rings is 2. The fourth-order valence-corrected chi connectivity index (χ4v) is 6.78. The fraction of sp³-hybridized carbons (Fsp3) is 0.645. The van der Waals surface area contributed by atoms with Crippen LogP contribution in [0.2, 0.25) is 0 Å². The third kappa shape index (κ3) is 5.50. The summed E-state index contributed by atoms with van der Waals surface area (Å²) in [4.78, 5) is 31.7. The van der Waals surface area contributed by atoms with Crippen molar-refractivity contribution in [3.63, 3.8) is 0 Å². The zero-order valence-electron chi connectivity index (χ0n) is 24.9. The van der Waals surface area contributed by atoms with Crippen LogP contribution in [0.25, 0.3) is 0 Å². The third-order valence-corrected chi connectivity index (χ3v) is 9.25. The van der Waals surface area contributed by atoms with Crippen LogP contribution in [-0.2, 0) is 16.8 Å². The lowest BCUT2D eigenvalue weighted by Crippen LogP contribution is -2.38. The van der Waals surface area contributed by atoms with Gasteiger partial charge in [-0.2, -0.15) is 0 Å². The summed E-state index contributed by atoms with van der Waals surface area (Å²) in [5.41, 5.74) is 4.48. The second-order valence-electron chi connectivity index (χ2n) is 12.9. The standard InChI is InChI=1S/C31H47N7O/c1-21(2)24-9-8-10-29(34-24)38-19-23(22-17-32-18-27(22)38)31(3,4)28-12-11-26(25(33-28)20-35(5)6)37-14-13-30(39)36(7)15-16-37/h8-12,21-23,27,32H,13-20H2,1-7H3/t22-,23?,27-/m1/s1. The van der Waals surface area contributed by atoms with E-state index < -0.39 is 0 Å². The van der Waals surface area contributed by atoms with Crippen molar-refractivity contribution in [3.05, 3.63) is 47.4 Å². The molecular formula is C31H47N7O. The number of amides is 1. The normalized spacial score (nSPS) is 24.2. The van der Waals surface area contributed by atoms with Crippen LogP contribution in [0.4, 0.5) is 11.5 Å². The van der Waals surface area contributed by atoms with E-state index in [0.717, 1.165) is 74.4 Å². The molecule has 39 heavy (non-hydrogen) atoms. The average molecular weight is 534 g/mol. The van der Waals surface area contributed by atoms with Crippen molar-refractivity contribution in [3.8, 4) is 0 Å². The Morgan fingerprint density at radius 1 is 1.08 bits per heavy atom. The molecule has 1 amide bonds. The SMILES string of the molecule is CC(C)c1cccc(N2CC(C(C)(C)c3ccc(N4CCC(=O)N(C)CC4)c(CN(C)C)n3)[C@H]3CNC[C@H]32)n1. The number of carbonyl (C=O) groups excluding carboxylic acids is 1. The van der Waals surface area contributed by atoms with Crippen molar-refractivity contribution < 1.29 is 4.79 Å². The number of likely N-dealkylation sites (N-methyl/N-ethyl adjacent to an activating group) is 1. The summed E-state index contributed by atoms with van der Waals surface area (Å²) in [7, 11) is 6.11. The van der Waals surface area contributed by atoms with E-state index >= 15 is 0 Å². The van der Waals surface area contributed by atoms with Gasteiger partial charge in [-0.15, -0.1) is 0 Å². The van der Waals surface area contributed by atoms with E-state index in [2.05, 4.69) is 92.1 Å². The van der Waals surface area contributed by atoms with Crippen molar-refractivity contribution in [2.75, 3.05) is 70.2 Å². The van der Waals surface area contributed by atoms with Gasteiger partial charge in [0.1, 0.15) is 5.82 Å². The predicted octanol–water partition coefficient (Wildman–Crippen LogP) is 3.33. The Balaban J connectivity index is 1.45. The van der Waals surface area contributed by atoms with E-state index in [4.69, 9.17) is 9.97 Å². The van der Waals surface area contributed by atoms with Crippen molar-refractivity contribution in [1.29, 1.82) is 0 Å². The molecular weight excluding hydrogens is 486 g/mol. The van der Waals surface area contributed by atoms with Crippen LogP contribution in [0.15, 0.2) is 30.3 Å². The van der Waals surface area contributed by atoms with Gasteiger partial charge in [-0.05, 0) is 56.1 Å². The minimum atomic E-state index is -0.103. The van der Waals surface area contributed by atoms with E-state index in [1.807, 2.05) is 11.9 Å². The van der Waals surface area contributed by atoms with Gasteiger partial charge < -0.3 is 24.9 Å². The Labute approximate surface area is 234 Å². The number of nitrogens with zero attached hydrogens (tertiary/aromatic N) is 6. The largest absolute Gasteiger partial charge is 0.368 e. The molecule has 5 rings (SSSR count). The fourth-order valence-electron chi connectivity index (χ4n) is 6.78. The van der Waals surface area contributed by atoms with Gasteiger partial charge in [0.15, 0.2) is 0 Å². The van der Waals surface area contributed by atoms with Crippen molar-refractivity contribution in [1.82, 2.24) is 25.1 Å². The van der Waals surface area contributed by atoms with E-state index in [1.165, 1.54) is 0 Å². The van der Waals surface area contributed by atoms with Gasteiger partial charge in [0.2, 0.25) is 5.91 Å². The highest BCUT2D eigenvalue weighted by Crippen LogP contribution is 2.46. The molecule has 5 heterocycles. The van der Waals surface area contributed by atoms with Gasteiger partial charge in [0.25, 0.3) is 0 Å². The Hall–Kier alpha value is -2.71. The summed E-state index contributed by atoms with van der Waals surface area (Å²) in [6.45, 7) is 15.3. The molecule has 3 aliphatic rings. The number of rotatable bonds is 7. The minimum Gasteiger partial charge on any atom is -0.368 e. The molecule has 0 radical (unpaired) electrons. The molecule has 8 nitrogen and oxygen atoms in total. The van der Waals surface area contributed by atoms with Crippen LogP contribution in [0.5, 0.6) is 0 Å². The quantitative estimate of drug-likeness (QED) is 0.586. The number of carbonyl (C=O) groups is 1. The number of fused-ring (bicyclic) bond motifs is 1. The average Bonchev–Trinajstić information content (AvgIpc) is 3.47. The number of anilines is 2. The van der Waals surface area contributed by atoms with E-state index in [1.54, 1.807) is 0 Å². The van der Waals surface area contributed by atoms with E-state index in [0.29, 0.717) is 30.2 Å². The second-order valence-corrected chi connectivity index (χ2v) is 12.9. The van der Waals surface area contributed by atoms with E-state index in [-0.39, 0.29) is 11.3 Å². The first-order chi connectivity index (χ1) is 18.6. The van der Waals surface area contributed by atoms with E-state index in [9.17, 15) is 4.79 Å². The molecule has 0 saturated carbocycles. The molecule has 0 bridgehead atoms. The highest BCUT2D eigenvalue weighted by atomic mass is 16.2. The summed E-state index contributed by atoms with van der Waals surface area (Å²) in [6.07, 6.45) is 0.547. The molecule has 0 aromatic carbocycles. The molecule has 2 aromatic heterocycles. The van der Waals surface area contributed by atoms with Crippen molar-refractivity contribution in [2.45, 2.75) is 58.0 Å². The molecule has 0 spiro atoms. The van der Waals surface area contributed by atoms with Crippen molar-refractivity contribution >= 4 is 17.4 Å². The van der Waals surface area contributed by atoms with Crippen LogP contribution < -0.4 is 15.1 Å². The molecule has 3 aliphatic heterocycles. The first-order valence-corrected chi connectivity index (χ1v) is 14.6. The highest BCUT2D eigenvalue weighted by molar-refractivity contribution is 5.77. The first-order valence-electron chi connectivity index (χ1n) is 14.6. The number of hydrogen-bond donors (Lipinski definition) is 1. The molecule has 2 aromatic rings. The van der Waals surface area contributed by atoms with Crippen LogP contribution in [-0.4, -0.2) is 92.1 Å². The molecule has 8 heteroatoms. The lowest BCUT2D eigenvalue weighted by molar-refractivity contribution is -0.129. The Morgan fingerprint density at radius 2 is 1.87 bits per heavy atom. The van der Waals surface area contributed by atoms with Crippen LogP contribution in [0.3, 0.4) is 0 Å². The molecule has 1 unspecified atom stereocenters. The molecule has 1 N–H and O–H groups in total. The van der Waals surface area contributed by atoms with Crippen LogP contribution in [0.1, 0.15) is 57.1 Å². The lowest BCUT2D eigenvalue weighted by atomic mass is 9.70. The minimum absolute atomic E-state index is 0.103. The lowest BCUT2D eigenvalue weighted by Gasteiger charge is -2.35. The second kappa shape index (κ2) is 11.0. The number of hydrogen-bond acceptors (Lipinski definition) is 7. The van der Waals surface area contributed by atoms with Gasteiger partial charge in [-0.3, -0.25) is 9.78 Å². The maximum atomic E-state index is 12.3. The summed E-state index contributed by atoms with van der Waals surface area (Å²) in [5, 5.41) is 3.68. The Bertz CT molecular complexity index is 1180. The van der Waals surface area contributed by atoms with Crippen molar-refractivity contribution in [2.24, 2.45) is 11.8 Å². The molecule has 3 fully saturated rings. The topological polar surface area (TPSA) is 67.8 Å². The smallest absolute Gasteiger partial charge is 0.224 e. The Morgan fingerprint density at radius 3 is 2.62 bits per heavy atom. The third-order valence-electron chi connectivity index (χ3n) is 9.25. The van der Waals surface area contributed by atoms with Crippen LogP contribution in [0, 0.1) is 11.8 Å². The number of nitrogens with one attached hydrogen (secondary N) is 1. The summed E-state index contributed by atoms with van der Waals surface area (Å²) >= 11 is 0.